The SMILES string of the molecule is CN1C(=O)[C@@H](CC(=O)NCc2nc(C3CCCCC3)no2)N(C)C1=O. The van der Waals surface area contributed by atoms with Crippen LogP contribution in [0.2, 0.25) is 0 Å². The van der Waals surface area contributed by atoms with Crippen molar-refractivity contribution in [3.8, 4) is 0 Å². The molecule has 0 radical (unpaired) electrons. The Labute approximate surface area is 145 Å². The van der Waals surface area contributed by atoms with Crippen LogP contribution in [0.15, 0.2) is 4.52 Å². The normalized spacial score (nSPS) is 21.9. The van der Waals surface area contributed by atoms with Gasteiger partial charge in [0.25, 0.3) is 5.91 Å². The summed E-state index contributed by atoms with van der Waals surface area (Å²) in [6, 6.07) is -1.17. The smallest absolute Gasteiger partial charge is 0.326 e. The van der Waals surface area contributed by atoms with Gasteiger partial charge in [0.1, 0.15) is 6.04 Å². The first-order valence-corrected chi connectivity index (χ1v) is 8.61. The summed E-state index contributed by atoms with van der Waals surface area (Å²) in [6.45, 7) is 0.118. The fourth-order valence-electron chi connectivity index (χ4n) is 3.37. The van der Waals surface area contributed by atoms with Crippen LogP contribution in [0, 0.1) is 0 Å². The minimum Gasteiger partial charge on any atom is -0.347 e. The molecule has 2 aliphatic rings. The van der Waals surface area contributed by atoms with Crippen molar-refractivity contribution in [1.29, 1.82) is 0 Å². The van der Waals surface area contributed by atoms with Crippen LogP contribution >= 0.6 is 0 Å². The van der Waals surface area contributed by atoms with Crippen LogP contribution in [0.5, 0.6) is 0 Å². The Balaban J connectivity index is 1.50. The molecule has 0 bridgehead atoms. The molecule has 136 valence electrons. The average Bonchev–Trinajstić information content (AvgIpc) is 3.17. The highest BCUT2D eigenvalue weighted by molar-refractivity contribution is 6.05. The lowest BCUT2D eigenvalue weighted by atomic mass is 9.89. The second-order valence-electron chi connectivity index (χ2n) is 6.67. The molecule has 1 aromatic rings. The van der Waals surface area contributed by atoms with Gasteiger partial charge in [-0.15, -0.1) is 0 Å². The summed E-state index contributed by atoms with van der Waals surface area (Å²) in [5.41, 5.74) is 0. The van der Waals surface area contributed by atoms with Crippen molar-refractivity contribution >= 4 is 17.8 Å². The third kappa shape index (κ3) is 3.64. The van der Waals surface area contributed by atoms with Gasteiger partial charge in [-0.3, -0.25) is 14.5 Å². The van der Waals surface area contributed by atoms with Crippen LogP contribution in [-0.2, 0) is 16.1 Å². The molecule has 9 nitrogen and oxygen atoms in total. The third-order valence-electron chi connectivity index (χ3n) is 4.94. The molecule has 3 rings (SSSR count). The first-order valence-electron chi connectivity index (χ1n) is 8.61. The number of carbonyl (C=O) groups excluding carboxylic acids is 3. The highest BCUT2D eigenvalue weighted by Crippen LogP contribution is 2.30. The molecule has 1 aromatic heterocycles. The molecule has 1 saturated heterocycles. The lowest BCUT2D eigenvalue weighted by molar-refractivity contribution is -0.131. The van der Waals surface area contributed by atoms with Crippen LogP contribution in [0.3, 0.4) is 0 Å². The number of rotatable bonds is 5. The molecule has 25 heavy (non-hydrogen) atoms. The Kier molecular flexibility index (Phi) is 5.00. The minimum absolute atomic E-state index is 0.0883. The van der Waals surface area contributed by atoms with Gasteiger partial charge < -0.3 is 14.7 Å². The molecule has 0 unspecified atom stereocenters. The first kappa shape index (κ1) is 17.4. The molecular formula is C16H23N5O4. The number of amides is 4. The number of hydrogen-bond donors (Lipinski definition) is 1. The van der Waals surface area contributed by atoms with E-state index in [2.05, 4.69) is 15.5 Å². The summed E-state index contributed by atoms with van der Waals surface area (Å²) in [5.74, 6) is 0.689. The predicted molar refractivity (Wildman–Crippen MR) is 86.3 cm³/mol. The van der Waals surface area contributed by atoms with E-state index in [1.807, 2.05) is 0 Å². The van der Waals surface area contributed by atoms with E-state index in [4.69, 9.17) is 4.52 Å². The van der Waals surface area contributed by atoms with Gasteiger partial charge in [0.15, 0.2) is 5.82 Å². The summed E-state index contributed by atoms with van der Waals surface area (Å²) in [4.78, 5) is 42.4. The number of nitrogens with zero attached hydrogens (tertiary/aromatic N) is 4. The van der Waals surface area contributed by atoms with Crippen LogP contribution in [0.25, 0.3) is 0 Å². The van der Waals surface area contributed by atoms with Crippen LogP contribution in [0.4, 0.5) is 4.79 Å². The minimum atomic E-state index is -0.766. The highest BCUT2D eigenvalue weighted by Gasteiger charge is 2.41. The van der Waals surface area contributed by atoms with Gasteiger partial charge in [0.05, 0.1) is 13.0 Å². The van der Waals surface area contributed by atoms with Crippen LogP contribution < -0.4 is 5.32 Å². The monoisotopic (exact) mass is 349 g/mol. The van der Waals surface area contributed by atoms with Gasteiger partial charge in [0.2, 0.25) is 11.8 Å². The lowest BCUT2D eigenvalue weighted by Gasteiger charge is -2.17. The van der Waals surface area contributed by atoms with E-state index in [0.29, 0.717) is 17.6 Å². The summed E-state index contributed by atoms with van der Waals surface area (Å²) < 4.78 is 5.20. The molecule has 0 spiro atoms. The van der Waals surface area contributed by atoms with Gasteiger partial charge in [-0.2, -0.15) is 4.98 Å². The quantitative estimate of drug-likeness (QED) is 0.795. The Morgan fingerprint density at radius 1 is 1.24 bits per heavy atom. The second-order valence-corrected chi connectivity index (χ2v) is 6.67. The maximum atomic E-state index is 12.1. The molecular weight excluding hydrogens is 326 g/mol. The first-order chi connectivity index (χ1) is 12.0. The van der Waals surface area contributed by atoms with E-state index >= 15 is 0 Å². The molecule has 2 fully saturated rings. The van der Waals surface area contributed by atoms with Crippen molar-refractivity contribution in [2.24, 2.45) is 0 Å². The van der Waals surface area contributed by atoms with E-state index in [1.54, 1.807) is 0 Å². The highest BCUT2D eigenvalue weighted by atomic mass is 16.5. The van der Waals surface area contributed by atoms with Gasteiger partial charge in [0, 0.05) is 20.0 Å². The standard InChI is InChI=1S/C16H23N5O4/c1-20-11(15(23)21(2)16(20)24)8-12(22)17-9-13-18-14(19-25-13)10-6-4-3-5-7-10/h10-11H,3-9H2,1-2H3,(H,17,22)/t11-/m1/s1. The topological polar surface area (TPSA) is 109 Å². The number of urea groups is 1. The second kappa shape index (κ2) is 7.20. The zero-order valence-corrected chi connectivity index (χ0v) is 14.5. The maximum Gasteiger partial charge on any atom is 0.326 e. The molecule has 1 aliphatic heterocycles. The fraction of sp³-hybridized carbons (Fsp3) is 0.688. The molecule has 1 atom stereocenters. The Morgan fingerprint density at radius 2 is 1.96 bits per heavy atom. The van der Waals surface area contributed by atoms with E-state index in [-0.39, 0.29) is 24.8 Å². The summed E-state index contributed by atoms with van der Waals surface area (Å²) in [6.07, 6.45) is 5.67. The lowest BCUT2D eigenvalue weighted by Crippen LogP contribution is -2.37. The maximum absolute atomic E-state index is 12.1. The summed E-state index contributed by atoms with van der Waals surface area (Å²) in [7, 11) is 2.92. The van der Waals surface area contributed by atoms with Crippen LogP contribution in [-0.4, -0.2) is 57.9 Å². The fourth-order valence-corrected chi connectivity index (χ4v) is 3.37. The van der Waals surface area contributed by atoms with Crippen molar-refractivity contribution in [2.45, 2.75) is 57.0 Å². The van der Waals surface area contributed by atoms with Crippen LogP contribution in [0.1, 0.15) is 56.2 Å². The molecule has 2 heterocycles. The van der Waals surface area contributed by atoms with Crippen molar-refractivity contribution in [1.82, 2.24) is 25.3 Å². The molecule has 1 aliphatic carbocycles. The van der Waals surface area contributed by atoms with Gasteiger partial charge >= 0.3 is 6.03 Å². The van der Waals surface area contributed by atoms with Gasteiger partial charge in [-0.25, -0.2) is 4.79 Å². The van der Waals surface area contributed by atoms with Gasteiger partial charge in [-0.1, -0.05) is 24.4 Å². The number of imide groups is 1. The largest absolute Gasteiger partial charge is 0.347 e. The van der Waals surface area contributed by atoms with E-state index in [1.165, 1.54) is 38.3 Å². The molecule has 4 amide bonds. The van der Waals surface area contributed by atoms with Crippen molar-refractivity contribution in [2.75, 3.05) is 14.1 Å². The zero-order valence-electron chi connectivity index (χ0n) is 14.5. The molecule has 1 N–H and O–H groups in total. The van der Waals surface area contributed by atoms with Crippen molar-refractivity contribution in [3.05, 3.63) is 11.7 Å². The summed E-state index contributed by atoms with van der Waals surface area (Å²) >= 11 is 0. The van der Waals surface area contributed by atoms with E-state index < -0.39 is 12.1 Å². The Morgan fingerprint density at radius 3 is 2.60 bits per heavy atom. The van der Waals surface area contributed by atoms with E-state index in [9.17, 15) is 14.4 Å². The number of nitrogens with one attached hydrogen (secondary N) is 1. The number of aromatic nitrogens is 2. The third-order valence-corrected chi connectivity index (χ3v) is 4.94. The molecule has 0 aromatic carbocycles. The predicted octanol–water partition coefficient (Wildman–Crippen LogP) is 1.02. The Bertz CT molecular complexity index is 667. The molecule has 9 heteroatoms. The molecule has 1 saturated carbocycles. The number of likely N-dealkylation sites (N-methyl/N-ethyl adjacent to an activating group) is 2. The number of hydrogen-bond acceptors (Lipinski definition) is 6. The Hall–Kier alpha value is -2.45. The van der Waals surface area contributed by atoms with Gasteiger partial charge in [-0.05, 0) is 12.8 Å². The average molecular weight is 349 g/mol. The summed E-state index contributed by atoms with van der Waals surface area (Å²) in [5, 5.41) is 6.68. The van der Waals surface area contributed by atoms with Crippen molar-refractivity contribution < 1.29 is 18.9 Å². The zero-order chi connectivity index (χ0) is 18.0. The van der Waals surface area contributed by atoms with E-state index in [0.717, 1.165) is 17.7 Å². The van der Waals surface area contributed by atoms with Crippen molar-refractivity contribution in [3.63, 3.8) is 0 Å². The number of carbonyl (C=O) groups is 3.